The molecule has 1 saturated carbocycles. The molecule has 0 saturated heterocycles. The number of allylic oxidation sites excluding steroid dienone is 1. The Morgan fingerprint density at radius 3 is 2.51 bits per heavy atom. The van der Waals surface area contributed by atoms with Crippen LogP contribution < -0.4 is 9.64 Å². The number of rotatable bonds is 4. The molecule has 3 aliphatic rings. The summed E-state index contributed by atoms with van der Waals surface area (Å²) in [5.74, 6) is -0.556. The molecule has 3 N–H and O–H groups in total. The summed E-state index contributed by atoms with van der Waals surface area (Å²) in [6.45, 7) is 9.19. The van der Waals surface area contributed by atoms with Crippen LogP contribution in [0.1, 0.15) is 41.0 Å². The van der Waals surface area contributed by atoms with Crippen molar-refractivity contribution in [1.29, 1.82) is 0 Å². The SMILES string of the molecule is COc1cccc(N(C)C(=O)O[C@H]2C(C)=C[C@]34C(=O)[C@@H](C=C(CO)[C@@H](O)[C@]23O)C(C)(C)[C@@H](C)C[C@H]4C)c1. The van der Waals surface area contributed by atoms with Gasteiger partial charge in [0.2, 0.25) is 0 Å². The molecule has 1 spiro atoms. The van der Waals surface area contributed by atoms with Crippen LogP contribution >= 0.6 is 0 Å². The Morgan fingerprint density at radius 2 is 1.89 bits per heavy atom. The molecule has 4 rings (SSSR count). The summed E-state index contributed by atoms with van der Waals surface area (Å²) in [5.41, 5.74) is -3.03. The minimum atomic E-state index is -2.19. The monoisotopic (exact) mass is 513 g/mol. The molecule has 0 unspecified atom stereocenters. The third kappa shape index (κ3) is 3.75. The summed E-state index contributed by atoms with van der Waals surface area (Å²) in [6.07, 6.45) is 0.278. The van der Waals surface area contributed by atoms with Crippen LogP contribution in [0.2, 0.25) is 0 Å². The average Bonchev–Trinajstić information content (AvgIpc) is 3.04. The number of ketones is 1. The highest BCUT2D eigenvalue weighted by atomic mass is 16.6. The second-order valence-corrected chi connectivity index (χ2v) is 11.6. The fourth-order valence-corrected chi connectivity index (χ4v) is 6.76. The van der Waals surface area contributed by atoms with Gasteiger partial charge in [-0.25, -0.2) is 4.79 Å². The fourth-order valence-electron chi connectivity index (χ4n) is 6.76. The van der Waals surface area contributed by atoms with Gasteiger partial charge in [-0.2, -0.15) is 0 Å². The van der Waals surface area contributed by atoms with E-state index in [0.717, 1.165) is 0 Å². The second-order valence-electron chi connectivity index (χ2n) is 11.6. The van der Waals surface area contributed by atoms with Gasteiger partial charge in [0.25, 0.3) is 0 Å². The van der Waals surface area contributed by atoms with Gasteiger partial charge in [0.15, 0.2) is 17.5 Å². The van der Waals surface area contributed by atoms with Crippen LogP contribution in [0, 0.1) is 28.6 Å². The number of hydrogen-bond acceptors (Lipinski definition) is 7. The Balaban J connectivity index is 1.82. The summed E-state index contributed by atoms with van der Waals surface area (Å²) in [6, 6.07) is 6.88. The Kier molecular flexibility index (Phi) is 6.84. The topological polar surface area (TPSA) is 117 Å². The van der Waals surface area contributed by atoms with Crippen molar-refractivity contribution in [1.82, 2.24) is 0 Å². The number of carbonyl (C=O) groups is 2. The number of hydrogen-bond donors (Lipinski definition) is 3. The number of anilines is 1. The lowest BCUT2D eigenvalue weighted by Gasteiger charge is -2.48. The first kappa shape index (κ1) is 27.4. The summed E-state index contributed by atoms with van der Waals surface area (Å²) < 4.78 is 11.2. The molecule has 8 nitrogen and oxygen atoms in total. The van der Waals surface area contributed by atoms with Crippen LogP contribution in [-0.4, -0.2) is 65.8 Å². The molecule has 0 radical (unpaired) electrons. The van der Waals surface area contributed by atoms with Crippen LogP contribution in [0.4, 0.5) is 10.5 Å². The molecule has 7 atom stereocenters. The van der Waals surface area contributed by atoms with E-state index in [1.54, 1.807) is 43.3 Å². The summed E-state index contributed by atoms with van der Waals surface area (Å²) in [7, 11) is 3.06. The molecule has 1 fully saturated rings. The Bertz CT molecular complexity index is 1160. The van der Waals surface area contributed by atoms with E-state index in [4.69, 9.17) is 9.47 Å². The standard InChI is InChI=1S/C29H39NO7/c1-16-14-28-18(3)11-17(2)27(4,5)22(24(28)33)12-19(15-31)23(32)29(28,35)25(16)37-26(34)30(6)20-9-8-10-21(13-20)36-7/h8-10,12-14,17-18,22-23,25,31-32,35H,11,15H2,1-7H3/t17-,18+,22+,23+,25-,28-,29-/m0/s1. The van der Waals surface area contributed by atoms with E-state index in [1.807, 2.05) is 20.8 Å². The zero-order valence-corrected chi connectivity index (χ0v) is 22.7. The van der Waals surface area contributed by atoms with E-state index in [9.17, 15) is 24.9 Å². The predicted octanol–water partition coefficient (Wildman–Crippen LogP) is 3.49. The molecule has 1 aromatic carbocycles. The Labute approximate surface area is 218 Å². The van der Waals surface area contributed by atoms with E-state index >= 15 is 0 Å². The molecule has 3 aliphatic carbocycles. The van der Waals surface area contributed by atoms with Gasteiger partial charge in [-0.05, 0) is 53.9 Å². The van der Waals surface area contributed by atoms with E-state index in [-0.39, 0.29) is 23.2 Å². The van der Waals surface area contributed by atoms with Gasteiger partial charge < -0.3 is 24.8 Å². The number of benzene rings is 1. The number of methoxy groups -OCH3 is 1. The largest absolute Gasteiger partial charge is 0.497 e. The fraction of sp³-hybridized carbons (Fsp3) is 0.586. The number of Topliss-reactive ketones (excluding diaryl/α,β-unsaturated/α-hetero) is 1. The molecule has 2 bridgehead atoms. The van der Waals surface area contributed by atoms with Crippen molar-refractivity contribution < 1.29 is 34.4 Å². The lowest BCUT2D eigenvalue weighted by atomic mass is 9.59. The van der Waals surface area contributed by atoms with E-state index < -0.39 is 47.3 Å². The Morgan fingerprint density at radius 1 is 1.22 bits per heavy atom. The summed E-state index contributed by atoms with van der Waals surface area (Å²) in [4.78, 5) is 29.1. The van der Waals surface area contributed by atoms with Crippen molar-refractivity contribution in [3.63, 3.8) is 0 Å². The highest BCUT2D eigenvalue weighted by Crippen LogP contribution is 2.62. The normalized spacial score (nSPS) is 36.5. The maximum Gasteiger partial charge on any atom is 0.414 e. The maximum absolute atomic E-state index is 14.4. The number of aliphatic hydroxyl groups excluding tert-OH is 2. The first-order valence-electron chi connectivity index (χ1n) is 12.8. The maximum atomic E-state index is 14.4. The first-order valence-corrected chi connectivity index (χ1v) is 12.8. The van der Waals surface area contributed by atoms with Crippen molar-refractivity contribution in [2.24, 2.45) is 28.6 Å². The highest BCUT2D eigenvalue weighted by Gasteiger charge is 2.73. The molecule has 0 aliphatic heterocycles. The van der Waals surface area contributed by atoms with Crippen LogP contribution in [0.5, 0.6) is 5.75 Å². The number of nitrogens with zero attached hydrogens (tertiary/aromatic N) is 1. The smallest absolute Gasteiger partial charge is 0.414 e. The third-order valence-electron chi connectivity index (χ3n) is 9.44. The van der Waals surface area contributed by atoms with Crippen LogP contribution in [0.3, 0.4) is 0 Å². The summed E-state index contributed by atoms with van der Waals surface area (Å²) in [5, 5.41) is 34.4. The van der Waals surface area contributed by atoms with Crippen LogP contribution in [-0.2, 0) is 9.53 Å². The van der Waals surface area contributed by atoms with Gasteiger partial charge in [-0.1, -0.05) is 45.9 Å². The van der Waals surface area contributed by atoms with E-state index in [2.05, 4.69) is 6.92 Å². The molecule has 0 heterocycles. The highest BCUT2D eigenvalue weighted by molar-refractivity contribution is 5.95. The van der Waals surface area contributed by atoms with Crippen molar-refractivity contribution in [3.8, 4) is 5.75 Å². The summed E-state index contributed by atoms with van der Waals surface area (Å²) >= 11 is 0. The van der Waals surface area contributed by atoms with Crippen molar-refractivity contribution in [2.75, 3.05) is 25.7 Å². The van der Waals surface area contributed by atoms with E-state index in [1.165, 1.54) is 19.1 Å². The molecular weight excluding hydrogens is 474 g/mol. The number of carbonyl (C=O) groups excluding carboxylic acids is 2. The van der Waals surface area contributed by atoms with Gasteiger partial charge in [0, 0.05) is 19.0 Å². The predicted molar refractivity (Wildman–Crippen MR) is 139 cm³/mol. The Hall–Kier alpha value is -2.68. The van der Waals surface area contributed by atoms with Crippen LogP contribution in [0.25, 0.3) is 0 Å². The van der Waals surface area contributed by atoms with Crippen molar-refractivity contribution in [3.05, 3.63) is 47.6 Å². The van der Waals surface area contributed by atoms with Crippen molar-refractivity contribution in [2.45, 2.75) is 58.8 Å². The van der Waals surface area contributed by atoms with Gasteiger partial charge in [-0.3, -0.25) is 9.69 Å². The van der Waals surface area contributed by atoms with Gasteiger partial charge in [-0.15, -0.1) is 0 Å². The zero-order valence-electron chi connectivity index (χ0n) is 22.7. The minimum Gasteiger partial charge on any atom is -0.497 e. The van der Waals surface area contributed by atoms with Crippen LogP contribution in [0.15, 0.2) is 47.6 Å². The molecule has 1 amide bonds. The molecule has 202 valence electrons. The van der Waals surface area contributed by atoms with Gasteiger partial charge in [0.05, 0.1) is 24.8 Å². The lowest BCUT2D eigenvalue weighted by molar-refractivity contribution is -0.189. The molecule has 0 aromatic heterocycles. The molecule has 8 heteroatoms. The van der Waals surface area contributed by atoms with Gasteiger partial charge >= 0.3 is 6.09 Å². The minimum absolute atomic E-state index is 0.112. The number of ether oxygens (including phenoxy) is 2. The molecule has 37 heavy (non-hydrogen) atoms. The zero-order chi connectivity index (χ0) is 27.5. The van der Waals surface area contributed by atoms with E-state index in [0.29, 0.717) is 23.4 Å². The number of fused-ring (bicyclic) bond motifs is 1. The average molecular weight is 514 g/mol. The second kappa shape index (κ2) is 9.26. The number of amides is 1. The van der Waals surface area contributed by atoms with Crippen molar-refractivity contribution >= 4 is 17.6 Å². The van der Waals surface area contributed by atoms with Gasteiger partial charge in [0.1, 0.15) is 11.9 Å². The number of aliphatic hydroxyl groups is 3. The third-order valence-corrected chi connectivity index (χ3v) is 9.44. The first-order chi connectivity index (χ1) is 17.3. The lowest BCUT2D eigenvalue weighted by Crippen LogP contribution is -2.66. The molecule has 1 aromatic rings. The quantitative estimate of drug-likeness (QED) is 0.528. The molecular formula is C29H39NO7.